The van der Waals surface area contributed by atoms with Crippen molar-refractivity contribution in [3.63, 3.8) is 0 Å². The molecule has 0 N–H and O–H groups in total. The fourth-order valence-corrected chi connectivity index (χ4v) is 3.70. The Morgan fingerprint density at radius 1 is 1.39 bits per heavy atom. The van der Waals surface area contributed by atoms with Crippen molar-refractivity contribution < 1.29 is 4.39 Å². The number of hydrogen-bond donors (Lipinski definition) is 0. The third-order valence-electron chi connectivity index (χ3n) is 3.53. The predicted molar refractivity (Wildman–Crippen MR) is 82.4 cm³/mol. The van der Waals surface area contributed by atoms with E-state index >= 15 is 0 Å². The molecule has 0 aliphatic carbocycles. The molecule has 0 aromatic heterocycles. The minimum Gasteiger partial charge on any atom is -0.371 e. The van der Waals surface area contributed by atoms with Crippen LogP contribution in [0.15, 0.2) is 18.2 Å². The molecule has 4 heteroatoms. The quantitative estimate of drug-likeness (QED) is 0.753. The molecular formula is C14H19BrFNS. The van der Waals surface area contributed by atoms with Gasteiger partial charge in [0.05, 0.1) is 0 Å². The maximum atomic E-state index is 13.3. The Kier molecular flexibility index (Phi) is 5.37. The zero-order chi connectivity index (χ0) is 13.0. The van der Waals surface area contributed by atoms with Crippen LogP contribution in [0, 0.1) is 5.82 Å². The third-order valence-corrected chi connectivity index (χ3v) is 5.28. The summed E-state index contributed by atoms with van der Waals surface area (Å²) in [6.45, 7) is 2.17. The molecule has 100 valence electrons. The maximum Gasteiger partial charge on any atom is 0.123 e. The maximum absolute atomic E-state index is 13.3. The summed E-state index contributed by atoms with van der Waals surface area (Å²) in [5.41, 5.74) is 2.24. The molecule has 1 aliphatic heterocycles. The molecule has 0 radical (unpaired) electrons. The summed E-state index contributed by atoms with van der Waals surface area (Å²) in [5, 5.41) is 1.49. The summed E-state index contributed by atoms with van der Waals surface area (Å²) in [5.74, 6) is -0.148. The van der Waals surface area contributed by atoms with E-state index in [4.69, 9.17) is 0 Å². The standard InChI is InChI=1S/C14H19BrFNS/c1-18-13-3-2-7-17(8-6-13)14-5-4-12(16)9-11(14)10-15/h4-5,9,13H,2-3,6-8,10H2,1H3. The molecule has 1 aromatic carbocycles. The lowest BCUT2D eigenvalue weighted by Crippen LogP contribution is -2.25. The van der Waals surface area contributed by atoms with Crippen molar-refractivity contribution in [2.75, 3.05) is 24.2 Å². The fraction of sp³-hybridized carbons (Fsp3) is 0.571. The van der Waals surface area contributed by atoms with Gasteiger partial charge in [-0.15, -0.1) is 0 Å². The summed E-state index contributed by atoms with van der Waals surface area (Å²) >= 11 is 5.43. The van der Waals surface area contributed by atoms with E-state index in [1.54, 1.807) is 12.1 Å². The molecule has 18 heavy (non-hydrogen) atoms. The normalized spacial score (nSPS) is 20.8. The van der Waals surface area contributed by atoms with Crippen LogP contribution in [0.25, 0.3) is 0 Å². The van der Waals surface area contributed by atoms with E-state index in [1.165, 1.54) is 24.9 Å². The number of halogens is 2. The van der Waals surface area contributed by atoms with Gasteiger partial charge < -0.3 is 4.90 Å². The Balaban J connectivity index is 2.15. The smallest absolute Gasteiger partial charge is 0.123 e. The summed E-state index contributed by atoms with van der Waals surface area (Å²) in [6.07, 6.45) is 5.94. The van der Waals surface area contributed by atoms with Crippen molar-refractivity contribution in [3.05, 3.63) is 29.6 Å². The zero-order valence-electron chi connectivity index (χ0n) is 10.7. The molecule has 1 unspecified atom stereocenters. The first-order chi connectivity index (χ1) is 8.74. The predicted octanol–water partition coefficient (Wildman–Crippen LogP) is 4.44. The second-order valence-electron chi connectivity index (χ2n) is 4.68. The number of hydrogen-bond acceptors (Lipinski definition) is 2. The molecule has 1 saturated heterocycles. The average molecular weight is 332 g/mol. The Morgan fingerprint density at radius 2 is 2.22 bits per heavy atom. The van der Waals surface area contributed by atoms with E-state index < -0.39 is 0 Å². The van der Waals surface area contributed by atoms with Gasteiger partial charge in [-0.1, -0.05) is 15.9 Å². The lowest BCUT2D eigenvalue weighted by atomic mass is 10.1. The van der Waals surface area contributed by atoms with E-state index in [2.05, 4.69) is 27.1 Å². The van der Waals surface area contributed by atoms with E-state index in [1.807, 2.05) is 17.8 Å². The summed E-state index contributed by atoms with van der Waals surface area (Å²) in [7, 11) is 0. The van der Waals surface area contributed by atoms with Crippen LogP contribution in [0.1, 0.15) is 24.8 Å². The van der Waals surface area contributed by atoms with Crippen LogP contribution in [-0.2, 0) is 5.33 Å². The number of rotatable bonds is 3. The fourth-order valence-electron chi connectivity index (χ4n) is 2.51. The van der Waals surface area contributed by atoms with Gasteiger partial charge in [0.2, 0.25) is 0 Å². The minimum atomic E-state index is -0.148. The van der Waals surface area contributed by atoms with Crippen molar-refractivity contribution in [1.82, 2.24) is 0 Å². The topological polar surface area (TPSA) is 3.24 Å². The lowest BCUT2D eigenvalue weighted by Gasteiger charge is -2.25. The van der Waals surface area contributed by atoms with Gasteiger partial charge in [-0.05, 0) is 49.3 Å². The highest BCUT2D eigenvalue weighted by molar-refractivity contribution is 9.08. The highest BCUT2D eigenvalue weighted by atomic mass is 79.9. The van der Waals surface area contributed by atoms with E-state index in [-0.39, 0.29) is 5.82 Å². The second-order valence-corrected chi connectivity index (χ2v) is 6.38. The summed E-state index contributed by atoms with van der Waals surface area (Å²) in [6, 6.07) is 5.13. The first-order valence-electron chi connectivity index (χ1n) is 6.36. The van der Waals surface area contributed by atoms with Gasteiger partial charge in [-0.3, -0.25) is 0 Å². The molecule has 1 atom stereocenters. The number of nitrogens with zero attached hydrogens (tertiary/aromatic N) is 1. The van der Waals surface area contributed by atoms with Crippen molar-refractivity contribution >= 4 is 33.4 Å². The van der Waals surface area contributed by atoms with Crippen molar-refractivity contribution in [2.24, 2.45) is 0 Å². The van der Waals surface area contributed by atoms with Crippen LogP contribution in [-0.4, -0.2) is 24.6 Å². The third kappa shape index (κ3) is 3.41. The second kappa shape index (κ2) is 6.80. The number of benzene rings is 1. The van der Waals surface area contributed by atoms with Gasteiger partial charge in [-0.2, -0.15) is 11.8 Å². The Morgan fingerprint density at radius 3 is 2.94 bits per heavy atom. The van der Waals surface area contributed by atoms with Crippen molar-refractivity contribution in [3.8, 4) is 0 Å². The lowest BCUT2D eigenvalue weighted by molar-refractivity contribution is 0.626. The number of alkyl halides is 1. The monoisotopic (exact) mass is 331 g/mol. The van der Waals surface area contributed by atoms with Gasteiger partial charge in [0.15, 0.2) is 0 Å². The molecule has 1 nitrogen and oxygen atoms in total. The summed E-state index contributed by atoms with van der Waals surface area (Å²) < 4.78 is 13.3. The minimum absolute atomic E-state index is 0.148. The van der Waals surface area contributed by atoms with Crippen LogP contribution in [0.4, 0.5) is 10.1 Å². The van der Waals surface area contributed by atoms with E-state index in [9.17, 15) is 4.39 Å². The van der Waals surface area contributed by atoms with Crippen LogP contribution in [0.2, 0.25) is 0 Å². The highest BCUT2D eigenvalue weighted by Crippen LogP contribution is 2.28. The Labute approximate surface area is 121 Å². The van der Waals surface area contributed by atoms with Crippen molar-refractivity contribution in [2.45, 2.75) is 29.8 Å². The van der Waals surface area contributed by atoms with Gasteiger partial charge in [0, 0.05) is 29.4 Å². The average Bonchev–Trinajstić information content (AvgIpc) is 2.63. The first-order valence-corrected chi connectivity index (χ1v) is 8.77. The van der Waals surface area contributed by atoms with Gasteiger partial charge in [0.25, 0.3) is 0 Å². The van der Waals surface area contributed by atoms with Crippen molar-refractivity contribution in [1.29, 1.82) is 0 Å². The molecule has 1 aromatic rings. The van der Waals surface area contributed by atoms with Crippen LogP contribution in [0.3, 0.4) is 0 Å². The molecular weight excluding hydrogens is 313 g/mol. The highest BCUT2D eigenvalue weighted by Gasteiger charge is 2.18. The molecule has 1 aliphatic rings. The Hall–Kier alpha value is -0.220. The van der Waals surface area contributed by atoms with Gasteiger partial charge in [-0.25, -0.2) is 4.39 Å². The zero-order valence-corrected chi connectivity index (χ0v) is 13.1. The van der Waals surface area contributed by atoms with Crippen LogP contribution in [0.5, 0.6) is 0 Å². The van der Waals surface area contributed by atoms with Gasteiger partial charge in [0.1, 0.15) is 5.82 Å². The molecule has 2 rings (SSSR count). The van der Waals surface area contributed by atoms with Crippen LogP contribution < -0.4 is 4.90 Å². The Bertz CT molecular complexity index is 399. The SMILES string of the molecule is CSC1CCCN(c2ccc(F)cc2CBr)CC1. The molecule has 0 amide bonds. The van der Waals surface area contributed by atoms with Crippen LogP contribution >= 0.6 is 27.7 Å². The molecule has 0 saturated carbocycles. The molecule has 0 bridgehead atoms. The largest absolute Gasteiger partial charge is 0.371 e. The molecule has 1 fully saturated rings. The van der Waals surface area contributed by atoms with Gasteiger partial charge >= 0.3 is 0 Å². The first kappa shape index (κ1) is 14.2. The summed E-state index contributed by atoms with van der Waals surface area (Å²) in [4.78, 5) is 2.41. The molecule has 0 spiro atoms. The van der Waals surface area contributed by atoms with E-state index in [0.29, 0.717) is 5.33 Å². The number of thioether (sulfide) groups is 1. The number of anilines is 1. The molecule has 1 heterocycles. The van der Waals surface area contributed by atoms with E-state index in [0.717, 1.165) is 23.9 Å².